The van der Waals surface area contributed by atoms with Crippen molar-refractivity contribution in [1.29, 1.82) is 0 Å². The Labute approximate surface area is 129 Å². The van der Waals surface area contributed by atoms with Gasteiger partial charge in [-0.2, -0.15) is 0 Å². The van der Waals surface area contributed by atoms with E-state index < -0.39 is 0 Å². The van der Waals surface area contributed by atoms with Crippen LogP contribution >= 0.6 is 11.6 Å². The molecular formula is C18H19ClN2. The third kappa shape index (κ3) is 1.79. The van der Waals surface area contributed by atoms with E-state index in [2.05, 4.69) is 22.4 Å². The van der Waals surface area contributed by atoms with Gasteiger partial charge in [0.1, 0.15) is 0 Å². The highest BCUT2D eigenvalue weighted by Gasteiger charge is 2.64. The molecule has 2 aromatic rings. The average molecular weight is 299 g/mol. The molecule has 5 rings (SSSR count). The van der Waals surface area contributed by atoms with Crippen molar-refractivity contribution in [2.24, 2.45) is 23.7 Å². The number of nitrogens with one attached hydrogen (secondary N) is 1. The molecule has 4 atom stereocenters. The SMILES string of the molecule is Clc1ccc(CNC2C3C4CCC(C4)C23)c2ncccc12. The van der Waals surface area contributed by atoms with Crippen LogP contribution in [0, 0.1) is 23.7 Å². The first-order valence-corrected chi connectivity index (χ1v) is 8.46. The van der Waals surface area contributed by atoms with Gasteiger partial charge in [0, 0.05) is 29.2 Å². The average Bonchev–Trinajstić information content (AvgIpc) is 2.90. The van der Waals surface area contributed by atoms with E-state index in [9.17, 15) is 0 Å². The van der Waals surface area contributed by atoms with Gasteiger partial charge in [-0.25, -0.2) is 0 Å². The van der Waals surface area contributed by atoms with Crippen molar-refractivity contribution in [1.82, 2.24) is 10.3 Å². The molecule has 4 unspecified atom stereocenters. The Balaban J connectivity index is 1.37. The van der Waals surface area contributed by atoms with E-state index in [0.29, 0.717) is 0 Å². The zero-order valence-corrected chi connectivity index (χ0v) is 12.7. The molecule has 2 nitrogen and oxygen atoms in total. The van der Waals surface area contributed by atoms with Gasteiger partial charge in [-0.05, 0) is 66.7 Å². The fraction of sp³-hybridized carbons (Fsp3) is 0.500. The van der Waals surface area contributed by atoms with Gasteiger partial charge in [0.15, 0.2) is 0 Å². The van der Waals surface area contributed by atoms with Gasteiger partial charge >= 0.3 is 0 Å². The highest BCUT2D eigenvalue weighted by atomic mass is 35.5. The number of hydrogen-bond acceptors (Lipinski definition) is 2. The first-order valence-electron chi connectivity index (χ1n) is 8.08. The molecule has 3 aliphatic carbocycles. The van der Waals surface area contributed by atoms with Crippen LogP contribution < -0.4 is 5.32 Å². The third-order valence-corrected chi connectivity index (χ3v) is 6.39. The van der Waals surface area contributed by atoms with Crippen LogP contribution in [0.1, 0.15) is 24.8 Å². The van der Waals surface area contributed by atoms with Crippen molar-refractivity contribution in [3.05, 3.63) is 41.0 Å². The molecule has 0 radical (unpaired) electrons. The quantitative estimate of drug-likeness (QED) is 0.925. The lowest BCUT2D eigenvalue weighted by Gasteiger charge is -2.12. The van der Waals surface area contributed by atoms with Gasteiger partial charge in [0.05, 0.1) is 5.52 Å². The summed E-state index contributed by atoms with van der Waals surface area (Å²) in [6.45, 7) is 0.918. The van der Waals surface area contributed by atoms with E-state index in [0.717, 1.165) is 52.2 Å². The number of hydrogen-bond donors (Lipinski definition) is 1. The van der Waals surface area contributed by atoms with E-state index in [1.165, 1.54) is 24.8 Å². The number of aromatic nitrogens is 1. The van der Waals surface area contributed by atoms with Crippen LogP contribution in [0.4, 0.5) is 0 Å². The highest BCUT2D eigenvalue weighted by Crippen LogP contribution is 2.65. The number of nitrogens with zero attached hydrogens (tertiary/aromatic N) is 1. The second-order valence-corrected chi connectivity index (χ2v) is 7.41. The monoisotopic (exact) mass is 298 g/mol. The molecule has 3 saturated carbocycles. The lowest BCUT2D eigenvalue weighted by Crippen LogP contribution is -2.22. The van der Waals surface area contributed by atoms with Crippen molar-refractivity contribution >= 4 is 22.5 Å². The summed E-state index contributed by atoms with van der Waals surface area (Å²) in [7, 11) is 0. The number of benzene rings is 1. The van der Waals surface area contributed by atoms with Gasteiger partial charge in [-0.3, -0.25) is 4.98 Å². The lowest BCUT2D eigenvalue weighted by molar-refractivity contribution is 0.456. The molecule has 3 fully saturated rings. The number of fused-ring (bicyclic) bond motifs is 6. The molecule has 3 heteroatoms. The van der Waals surface area contributed by atoms with E-state index in [1.54, 1.807) is 0 Å². The molecular weight excluding hydrogens is 280 g/mol. The normalized spacial score (nSPS) is 36.1. The van der Waals surface area contributed by atoms with Gasteiger partial charge in [-0.15, -0.1) is 0 Å². The van der Waals surface area contributed by atoms with Crippen LogP contribution in [-0.2, 0) is 6.54 Å². The van der Waals surface area contributed by atoms with E-state index in [1.807, 2.05) is 18.3 Å². The van der Waals surface area contributed by atoms with Crippen molar-refractivity contribution in [2.75, 3.05) is 0 Å². The first kappa shape index (κ1) is 12.4. The first-order chi connectivity index (χ1) is 10.3. The Hall–Kier alpha value is -1.12. The summed E-state index contributed by atoms with van der Waals surface area (Å²) in [5, 5.41) is 5.66. The topological polar surface area (TPSA) is 24.9 Å². The predicted molar refractivity (Wildman–Crippen MR) is 85.2 cm³/mol. The van der Waals surface area contributed by atoms with Crippen molar-refractivity contribution < 1.29 is 0 Å². The largest absolute Gasteiger partial charge is 0.309 e. The fourth-order valence-corrected chi connectivity index (χ4v) is 5.38. The molecule has 1 N–H and O–H groups in total. The minimum Gasteiger partial charge on any atom is -0.309 e. The van der Waals surface area contributed by atoms with Gasteiger partial charge in [0.25, 0.3) is 0 Å². The zero-order chi connectivity index (χ0) is 14.0. The number of halogens is 1. The summed E-state index contributed by atoms with van der Waals surface area (Å²) in [5.41, 5.74) is 2.32. The van der Waals surface area contributed by atoms with Gasteiger partial charge < -0.3 is 5.32 Å². The minimum atomic E-state index is 0.769. The Morgan fingerprint density at radius 1 is 1.14 bits per heavy atom. The Morgan fingerprint density at radius 2 is 1.95 bits per heavy atom. The number of pyridine rings is 1. The molecule has 108 valence electrons. The Morgan fingerprint density at radius 3 is 2.76 bits per heavy atom. The van der Waals surface area contributed by atoms with Gasteiger partial charge in [-0.1, -0.05) is 17.7 Å². The van der Waals surface area contributed by atoms with Crippen LogP contribution in [0.25, 0.3) is 10.9 Å². The van der Waals surface area contributed by atoms with Crippen molar-refractivity contribution in [2.45, 2.75) is 31.8 Å². The Bertz CT molecular complexity index is 697. The lowest BCUT2D eigenvalue weighted by atomic mass is 10.0. The molecule has 0 aliphatic heterocycles. The predicted octanol–water partition coefficient (Wildman–Crippen LogP) is 4.02. The highest BCUT2D eigenvalue weighted by molar-refractivity contribution is 6.35. The van der Waals surface area contributed by atoms with E-state index in [-0.39, 0.29) is 0 Å². The molecule has 3 aliphatic rings. The molecule has 2 bridgehead atoms. The molecule has 1 aromatic carbocycles. The molecule has 1 heterocycles. The summed E-state index contributed by atoms with van der Waals surface area (Å²) < 4.78 is 0. The fourth-order valence-electron chi connectivity index (χ4n) is 5.16. The molecule has 21 heavy (non-hydrogen) atoms. The maximum atomic E-state index is 6.27. The molecule has 0 amide bonds. The molecule has 0 spiro atoms. The minimum absolute atomic E-state index is 0.769. The smallest absolute Gasteiger partial charge is 0.0761 e. The zero-order valence-electron chi connectivity index (χ0n) is 11.9. The van der Waals surface area contributed by atoms with Crippen LogP contribution in [0.15, 0.2) is 30.5 Å². The van der Waals surface area contributed by atoms with Crippen LogP contribution in [0.5, 0.6) is 0 Å². The van der Waals surface area contributed by atoms with E-state index >= 15 is 0 Å². The van der Waals surface area contributed by atoms with E-state index in [4.69, 9.17) is 11.6 Å². The van der Waals surface area contributed by atoms with Crippen LogP contribution in [-0.4, -0.2) is 11.0 Å². The summed E-state index contributed by atoms with van der Waals surface area (Å²) in [4.78, 5) is 4.53. The summed E-state index contributed by atoms with van der Waals surface area (Å²) >= 11 is 6.27. The van der Waals surface area contributed by atoms with Gasteiger partial charge in [0.2, 0.25) is 0 Å². The maximum absolute atomic E-state index is 6.27. The molecule has 0 saturated heterocycles. The third-order valence-electron chi connectivity index (χ3n) is 6.06. The Kier molecular flexibility index (Phi) is 2.63. The second kappa shape index (κ2) is 4.44. The standard InChI is InChI=1S/C18H19ClN2/c19-14-6-5-12(17-13(14)2-1-7-20-17)9-21-18-15-10-3-4-11(8-10)16(15)18/h1-2,5-7,10-11,15-16,18,21H,3-4,8-9H2. The van der Waals surface area contributed by atoms with Crippen molar-refractivity contribution in [3.63, 3.8) is 0 Å². The number of rotatable bonds is 3. The summed E-state index contributed by atoms with van der Waals surface area (Å²) in [6.07, 6.45) is 6.33. The maximum Gasteiger partial charge on any atom is 0.0761 e. The summed E-state index contributed by atoms with van der Waals surface area (Å²) in [6, 6.07) is 8.90. The van der Waals surface area contributed by atoms with Crippen LogP contribution in [0.3, 0.4) is 0 Å². The summed E-state index contributed by atoms with van der Waals surface area (Å²) in [5.74, 6) is 4.01. The molecule has 1 aromatic heterocycles. The van der Waals surface area contributed by atoms with Crippen molar-refractivity contribution in [3.8, 4) is 0 Å². The van der Waals surface area contributed by atoms with Crippen LogP contribution in [0.2, 0.25) is 5.02 Å². The second-order valence-electron chi connectivity index (χ2n) is 7.00.